The van der Waals surface area contributed by atoms with Crippen molar-refractivity contribution in [3.63, 3.8) is 0 Å². The molecule has 2 aromatic rings. The van der Waals surface area contributed by atoms with E-state index in [0.29, 0.717) is 11.9 Å². The van der Waals surface area contributed by atoms with E-state index in [1.807, 2.05) is 11.6 Å². The molecule has 0 saturated carbocycles. The van der Waals surface area contributed by atoms with Crippen LogP contribution in [-0.2, 0) is 0 Å². The summed E-state index contributed by atoms with van der Waals surface area (Å²) in [6.07, 6.45) is 1.50. The fourth-order valence-corrected chi connectivity index (χ4v) is 2.24. The fourth-order valence-electron chi connectivity index (χ4n) is 2.24. The summed E-state index contributed by atoms with van der Waals surface area (Å²) in [5, 5.41) is 5.40. The lowest BCUT2D eigenvalue weighted by Gasteiger charge is -2.36. The Balaban J connectivity index is 2.16. The number of anilines is 1. The maximum absolute atomic E-state index is 5.84. The minimum absolute atomic E-state index is 0.412. The monoisotopic (exact) mass is 218 g/mol. The molecular formula is C10H14N6. The van der Waals surface area contributed by atoms with Crippen molar-refractivity contribution < 1.29 is 0 Å². The van der Waals surface area contributed by atoms with Crippen molar-refractivity contribution in [2.75, 3.05) is 25.9 Å². The molecule has 0 bridgehead atoms. The molecule has 2 N–H and O–H groups in total. The van der Waals surface area contributed by atoms with E-state index < -0.39 is 0 Å². The lowest BCUT2D eigenvalue weighted by Crippen LogP contribution is -2.45. The number of nitrogen functional groups attached to an aromatic ring is 1. The quantitative estimate of drug-likeness (QED) is 0.740. The van der Waals surface area contributed by atoms with Crippen LogP contribution in [0.15, 0.2) is 6.33 Å². The normalized spacial score (nSPS) is 17.9. The summed E-state index contributed by atoms with van der Waals surface area (Å²) in [6, 6.07) is 0.412. The Labute approximate surface area is 93.1 Å². The van der Waals surface area contributed by atoms with Crippen molar-refractivity contribution in [1.29, 1.82) is 0 Å². The first-order valence-corrected chi connectivity index (χ1v) is 5.30. The van der Waals surface area contributed by atoms with Gasteiger partial charge >= 0.3 is 0 Å². The van der Waals surface area contributed by atoms with Crippen molar-refractivity contribution >= 4 is 16.9 Å². The number of nitrogens with zero attached hydrogens (tertiary/aromatic N) is 5. The van der Waals surface area contributed by atoms with Gasteiger partial charge in [-0.1, -0.05) is 0 Å². The molecule has 1 saturated heterocycles. The molecule has 0 aromatic carbocycles. The molecule has 0 spiro atoms. The average molecular weight is 218 g/mol. The summed E-state index contributed by atoms with van der Waals surface area (Å²) in [5.74, 6) is 0.515. The molecule has 1 aliphatic heterocycles. The van der Waals surface area contributed by atoms with E-state index in [1.165, 1.54) is 6.33 Å². The maximum atomic E-state index is 5.84. The number of likely N-dealkylation sites (tertiary alicyclic amines) is 1. The molecular weight excluding hydrogens is 204 g/mol. The third-order valence-corrected chi connectivity index (χ3v) is 3.08. The van der Waals surface area contributed by atoms with Gasteiger partial charge in [0.1, 0.15) is 12.1 Å². The molecule has 16 heavy (non-hydrogen) atoms. The Morgan fingerprint density at radius 1 is 1.38 bits per heavy atom. The topological polar surface area (TPSA) is 72.9 Å². The molecule has 0 amide bonds. The van der Waals surface area contributed by atoms with Crippen LogP contribution in [0, 0.1) is 6.92 Å². The van der Waals surface area contributed by atoms with Crippen LogP contribution in [0.1, 0.15) is 11.7 Å². The number of hydrogen-bond donors (Lipinski definition) is 1. The Bertz CT molecular complexity index is 539. The van der Waals surface area contributed by atoms with E-state index in [4.69, 9.17) is 5.73 Å². The van der Waals surface area contributed by atoms with Crippen molar-refractivity contribution in [2.24, 2.45) is 0 Å². The largest absolute Gasteiger partial charge is 0.383 e. The van der Waals surface area contributed by atoms with Crippen LogP contribution in [0.4, 0.5) is 5.82 Å². The van der Waals surface area contributed by atoms with E-state index in [0.717, 1.165) is 29.8 Å². The first-order valence-electron chi connectivity index (χ1n) is 5.30. The molecule has 0 radical (unpaired) electrons. The molecule has 3 heterocycles. The minimum Gasteiger partial charge on any atom is -0.383 e. The lowest BCUT2D eigenvalue weighted by atomic mass is 10.1. The molecule has 2 aromatic heterocycles. The molecule has 0 atom stereocenters. The standard InChI is InChI=1S/C10H14N6/c1-6-8-9(11)12-5-13-10(8)16(14-6)7-3-15(2)4-7/h5,7H,3-4H2,1-2H3,(H2,11,12,13). The second-order valence-corrected chi connectivity index (χ2v) is 4.36. The summed E-state index contributed by atoms with van der Waals surface area (Å²) in [6.45, 7) is 3.97. The summed E-state index contributed by atoms with van der Waals surface area (Å²) in [4.78, 5) is 10.5. The summed E-state index contributed by atoms with van der Waals surface area (Å²) < 4.78 is 1.97. The van der Waals surface area contributed by atoms with Gasteiger partial charge in [-0.25, -0.2) is 14.6 Å². The third-order valence-electron chi connectivity index (χ3n) is 3.08. The van der Waals surface area contributed by atoms with Crippen LogP contribution in [0.3, 0.4) is 0 Å². The Morgan fingerprint density at radius 2 is 2.12 bits per heavy atom. The van der Waals surface area contributed by atoms with E-state index >= 15 is 0 Å². The molecule has 0 unspecified atom stereocenters. The van der Waals surface area contributed by atoms with Gasteiger partial charge in [-0.15, -0.1) is 0 Å². The minimum atomic E-state index is 0.412. The van der Waals surface area contributed by atoms with Gasteiger partial charge in [0.2, 0.25) is 0 Å². The van der Waals surface area contributed by atoms with Crippen molar-refractivity contribution in [1.82, 2.24) is 24.6 Å². The average Bonchev–Trinajstić information content (AvgIpc) is 2.53. The van der Waals surface area contributed by atoms with Crippen LogP contribution < -0.4 is 5.73 Å². The molecule has 3 rings (SSSR count). The van der Waals surface area contributed by atoms with E-state index in [-0.39, 0.29) is 0 Å². The van der Waals surface area contributed by atoms with Crippen molar-refractivity contribution in [3.8, 4) is 0 Å². The molecule has 0 aliphatic carbocycles. The maximum Gasteiger partial charge on any atom is 0.163 e. The smallest absolute Gasteiger partial charge is 0.163 e. The number of nitrogens with two attached hydrogens (primary N) is 1. The second-order valence-electron chi connectivity index (χ2n) is 4.36. The SMILES string of the molecule is Cc1nn(C2CN(C)C2)c2ncnc(N)c12. The first-order chi connectivity index (χ1) is 7.66. The van der Waals surface area contributed by atoms with Crippen LogP contribution >= 0.6 is 0 Å². The number of fused-ring (bicyclic) bond motifs is 1. The van der Waals surface area contributed by atoms with E-state index in [9.17, 15) is 0 Å². The molecule has 6 nitrogen and oxygen atoms in total. The summed E-state index contributed by atoms with van der Waals surface area (Å²) in [7, 11) is 2.10. The molecule has 6 heteroatoms. The highest BCUT2D eigenvalue weighted by Crippen LogP contribution is 2.26. The highest BCUT2D eigenvalue weighted by Gasteiger charge is 2.28. The number of rotatable bonds is 1. The van der Waals surface area contributed by atoms with Crippen molar-refractivity contribution in [2.45, 2.75) is 13.0 Å². The van der Waals surface area contributed by atoms with Gasteiger partial charge in [-0.3, -0.25) is 0 Å². The fraction of sp³-hybridized carbons (Fsp3) is 0.500. The van der Waals surface area contributed by atoms with E-state index in [2.05, 4.69) is 27.0 Å². The van der Waals surface area contributed by atoms with Crippen molar-refractivity contribution in [3.05, 3.63) is 12.0 Å². The van der Waals surface area contributed by atoms with Crippen LogP contribution in [0.5, 0.6) is 0 Å². The number of likely N-dealkylation sites (N-methyl/N-ethyl adjacent to an activating group) is 1. The van der Waals surface area contributed by atoms with Crippen LogP contribution in [0.25, 0.3) is 11.0 Å². The van der Waals surface area contributed by atoms with Gasteiger partial charge in [0.05, 0.1) is 17.1 Å². The number of hydrogen-bond acceptors (Lipinski definition) is 5. The predicted molar refractivity (Wildman–Crippen MR) is 61.0 cm³/mol. The van der Waals surface area contributed by atoms with Gasteiger partial charge in [-0.2, -0.15) is 5.10 Å². The highest BCUT2D eigenvalue weighted by atomic mass is 15.4. The Kier molecular flexibility index (Phi) is 1.88. The number of aryl methyl sites for hydroxylation is 1. The Morgan fingerprint density at radius 3 is 2.81 bits per heavy atom. The van der Waals surface area contributed by atoms with Crippen LogP contribution in [-0.4, -0.2) is 44.8 Å². The van der Waals surface area contributed by atoms with Gasteiger partial charge < -0.3 is 10.6 Å². The highest BCUT2D eigenvalue weighted by molar-refractivity contribution is 5.87. The first kappa shape index (κ1) is 9.53. The lowest BCUT2D eigenvalue weighted by molar-refractivity contribution is 0.133. The van der Waals surface area contributed by atoms with Gasteiger partial charge in [0, 0.05) is 13.1 Å². The summed E-state index contributed by atoms with van der Waals surface area (Å²) in [5.41, 5.74) is 7.60. The van der Waals surface area contributed by atoms with E-state index in [1.54, 1.807) is 0 Å². The zero-order chi connectivity index (χ0) is 11.3. The van der Waals surface area contributed by atoms with Gasteiger partial charge in [-0.05, 0) is 14.0 Å². The zero-order valence-corrected chi connectivity index (χ0v) is 9.38. The number of aromatic nitrogens is 4. The third kappa shape index (κ3) is 1.19. The van der Waals surface area contributed by atoms with Crippen LogP contribution in [0.2, 0.25) is 0 Å². The zero-order valence-electron chi connectivity index (χ0n) is 9.38. The Hall–Kier alpha value is -1.69. The molecule has 1 fully saturated rings. The predicted octanol–water partition coefficient (Wildman–Crippen LogP) is 0.203. The molecule has 1 aliphatic rings. The van der Waals surface area contributed by atoms with Gasteiger partial charge in [0.25, 0.3) is 0 Å². The second kappa shape index (κ2) is 3.15. The van der Waals surface area contributed by atoms with Gasteiger partial charge in [0.15, 0.2) is 5.65 Å². The summed E-state index contributed by atoms with van der Waals surface area (Å²) >= 11 is 0. The molecule has 84 valence electrons.